The first-order chi connectivity index (χ1) is 3.00. The van der Waals surface area contributed by atoms with Crippen LogP contribution in [0.3, 0.4) is 0 Å². The molecule has 0 rings (SSSR count). The molecule has 3 nitrogen and oxygen atoms in total. The molecule has 0 aromatic rings. The van der Waals surface area contributed by atoms with E-state index in [1.165, 1.54) is 0 Å². The lowest BCUT2D eigenvalue weighted by molar-refractivity contribution is 1.53. The smallest absolute Gasteiger partial charge is 0.0187 e. The maximum Gasteiger partial charge on any atom is -0.0187 e. The predicted octanol–water partition coefficient (Wildman–Crippen LogP) is 0.459. The van der Waals surface area contributed by atoms with Crippen LogP contribution >= 0.6 is 0 Å². The zero-order valence-corrected chi connectivity index (χ0v) is 3.10. The van der Waals surface area contributed by atoms with Crippen molar-refractivity contribution in [2.45, 2.75) is 0 Å². The van der Waals surface area contributed by atoms with E-state index in [0.29, 0.717) is 0 Å². The van der Waals surface area contributed by atoms with Gasteiger partial charge in [0.2, 0.25) is 0 Å². The first kappa shape index (κ1) is 22.8. The van der Waals surface area contributed by atoms with E-state index in [-0.39, 0.29) is 0 Å². The Morgan fingerprint density at radius 1 is 1.00 bits per heavy atom. The van der Waals surface area contributed by atoms with Gasteiger partial charge in [-0.1, -0.05) is 0 Å². The van der Waals surface area contributed by atoms with Gasteiger partial charge in [-0.25, -0.2) is 0 Å². The lowest BCUT2D eigenvalue weighted by Gasteiger charge is -1.08. The van der Waals surface area contributed by atoms with E-state index in [2.05, 4.69) is 6.72 Å². The molecule has 0 aliphatic heterocycles. The molecule has 0 saturated carbocycles. The molecule has 0 aromatic heterocycles. The Hall–Kier alpha value is -1.35. The highest BCUT2D eigenvalue weighted by Crippen LogP contribution is 0.634. The Balaban J connectivity index is -0.0000000225. The number of nitrogens with zero attached hydrogens (tertiary/aromatic N) is 2. The Morgan fingerprint density at radius 3 is 1.00 bits per heavy atom. The molecule has 0 heterocycles. The average Bonchev–Trinajstić information content (AvgIpc) is 1.81. The number of rotatable bonds is 0. The van der Waals surface area contributed by atoms with Gasteiger partial charge < -0.3 is 29.1 Å². The zero-order chi connectivity index (χ0) is 6.00. The van der Waals surface area contributed by atoms with Crippen molar-refractivity contribution in [2.75, 3.05) is 0 Å². The van der Waals surface area contributed by atoms with E-state index < -0.39 is 0 Å². The van der Waals surface area contributed by atoms with Crippen LogP contribution in [0.1, 0.15) is 0 Å². The number of hydrogen-bond donors (Lipinski definition) is 1. The van der Waals surface area contributed by atoms with Crippen LogP contribution < -0.4 is 0 Å². The van der Waals surface area contributed by atoms with Gasteiger partial charge in [-0.15, -0.1) is 0 Å². The van der Waals surface area contributed by atoms with Crippen LogP contribution in [-0.2, 0) is 0 Å². The molecule has 0 amide bonds. The van der Waals surface area contributed by atoms with Crippen LogP contribution in [0.2, 0.25) is 0 Å². The molecule has 0 atom stereocenters. The largest absolute Gasteiger partial charge is 0.512 e. The summed E-state index contributed by atoms with van der Waals surface area (Å²) >= 11 is 0. The zero-order valence-electron chi connectivity index (χ0n) is 3.10. The molecule has 3 heteroatoms. The third-order valence-electron chi connectivity index (χ3n) is 0. The summed E-state index contributed by atoms with van der Waals surface area (Å²) in [5, 5.41) is 18.0. The molecular formula is C3H3N3-2. The van der Waals surface area contributed by atoms with Gasteiger partial charge in [0, 0.05) is 0 Å². The van der Waals surface area contributed by atoms with Crippen molar-refractivity contribution in [2.24, 2.45) is 0 Å². The van der Waals surface area contributed by atoms with E-state index in [1.807, 2.05) is 0 Å². The minimum atomic E-state index is 2.50. The van der Waals surface area contributed by atoms with Crippen molar-refractivity contribution in [3.63, 3.8) is 0 Å². The van der Waals surface area contributed by atoms with Gasteiger partial charge in [0.25, 0.3) is 0 Å². The normalized spacial score (nSPS) is 1.33. The summed E-state index contributed by atoms with van der Waals surface area (Å²) in [6, 6.07) is 0. The highest BCUT2D eigenvalue weighted by Gasteiger charge is 0.555. The van der Waals surface area contributed by atoms with Crippen LogP contribution in [0.5, 0.6) is 0 Å². The van der Waals surface area contributed by atoms with Gasteiger partial charge in [-0.2, -0.15) is 0 Å². The number of nitrogens with one attached hydrogen (secondary N) is 1. The lowest BCUT2D eigenvalue weighted by atomic mass is 11.8. The second-order valence-corrected chi connectivity index (χ2v) is 0. The fraction of sp³-hybridized carbons (Fsp3) is 0. The third kappa shape index (κ3) is 3.96. The fourth-order valence-corrected chi connectivity index (χ4v) is 0. The van der Waals surface area contributed by atoms with E-state index in [0.717, 1.165) is 0 Å². The highest BCUT2D eigenvalue weighted by atomic mass is 14.2. The summed E-state index contributed by atoms with van der Waals surface area (Å²) in [6.07, 6.45) is 0. The molecule has 0 spiro atoms. The first-order valence-electron chi connectivity index (χ1n) is 0.801. The standard InChI is InChI=1S/CH3N.2CN/c3*1-2/h2H,1H2;;/q;2*-1. The van der Waals surface area contributed by atoms with Gasteiger partial charge in [0.1, 0.15) is 0 Å². The molecule has 6 heavy (non-hydrogen) atoms. The monoisotopic (exact) mass is 81.0 g/mol. The quantitative estimate of drug-likeness (QED) is 0.340. The first-order valence-corrected chi connectivity index (χ1v) is 0.801. The molecule has 0 unspecified atom stereocenters. The van der Waals surface area contributed by atoms with E-state index >= 15 is 0 Å². The van der Waals surface area contributed by atoms with Gasteiger partial charge in [-0.3, -0.25) is 0 Å². The SMILES string of the molecule is C=N.[C-]#N.[C-]#N. The molecule has 0 fully saturated rings. The van der Waals surface area contributed by atoms with Gasteiger partial charge in [0.05, 0.1) is 0 Å². The van der Waals surface area contributed by atoms with Crippen molar-refractivity contribution >= 4 is 6.72 Å². The van der Waals surface area contributed by atoms with Crippen LogP contribution in [-0.4, -0.2) is 6.72 Å². The molecule has 1 N–H and O–H groups in total. The maximum absolute atomic E-state index is 6.25. The Kier molecular flexibility index (Phi) is 53.3. The average molecular weight is 81.1 g/mol. The molecule has 0 saturated heterocycles. The van der Waals surface area contributed by atoms with E-state index in [4.69, 9.17) is 29.1 Å². The summed E-state index contributed by atoms with van der Waals surface area (Å²) in [5.74, 6) is 0. The minimum absolute atomic E-state index is 2.50. The Morgan fingerprint density at radius 2 is 1.00 bits per heavy atom. The third-order valence-corrected chi connectivity index (χ3v) is 0. The van der Waals surface area contributed by atoms with E-state index in [1.54, 1.807) is 0 Å². The summed E-state index contributed by atoms with van der Waals surface area (Å²) < 4.78 is 0. The van der Waals surface area contributed by atoms with Crippen LogP contribution in [0.15, 0.2) is 0 Å². The van der Waals surface area contributed by atoms with Crippen LogP contribution in [0, 0.1) is 29.1 Å². The summed E-state index contributed by atoms with van der Waals surface area (Å²) in [5.41, 5.74) is 0. The van der Waals surface area contributed by atoms with Gasteiger partial charge in [-0.05, 0) is 6.72 Å². The number of hydrogen-bond acceptors (Lipinski definition) is 3. The molecule has 0 aliphatic rings. The van der Waals surface area contributed by atoms with E-state index in [9.17, 15) is 0 Å². The second kappa shape index (κ2) is 14.1. The van der Waals surface area contributed by atoms with Crippen molar-refractivity contribution in [1.82, 2.24) is 0 Å². The van der Waals surface area contributed by atoms with Crippen molar-refractivity contribution in [3.05, 3.63) is 13.1 Å². The lowest BCUT2D eigenvalue weighted by Crippen LogP contribution is -0.827. The fourth-order valence-electron chi connectivity index (χ4n) is 0. The molecule has 0 aromatic carbocycles. The highest BCUT2D eigenvalue weighted by molar-refractivity contribution is 5.15. The molecule has 0 bridgehead atoms. The second-order valence-electron chi connectivity index (χ2n) is 0. The Labute approximate surface area is 37.0 Å². The Bertz CT molecular complexity index is 29.8. The molecule has 32 valence electrons. The van der Waals surface area contributed by atoms with Crippen LogP contribution in [0.25, 0.3) is 0 Å². The van der Waals surface area contributed by atoms with Crippen LogP contribution in [0.4, 0.5) is 0 Å². The molecule has 0 radical (unpaired) electrons. The molecular weight excluding hydrogens is 78.1 g/mol. The van der Waals surface area contributed by atoms with Gasteiger partial charge >= 0.3 is 0 Å². The summed E-state index contributed by atoms with van der Waals surface area (Å²) in [4.78, 5) is 0. The summed E-state index contributed by atoms with van der Waals surface area (Å²) in [7, 11) is 0. The maximum atomic E-state index is 6.25. The predicted molar refractivity (Wildman–Crippen MR) is 19.8 cm³/mol. The van der Waals surface area contributed by atoms with Crippen molar-refractivity contribution in [3.8, 4) is 0 Å². The molecule has 0 aliphatic carbocycles. The topological polar surface area (TPSA) is 71.4 Å². The van der Waals surface area contributed by atoms with Crippen molar-refractivity contribution in [1.29, 1.82) is 15.9 Å². The van der Waals surface area contributed by atoms with Gasteiger partial charge in [0.15, 0.2) is 0 Å². The van der Waals surface area contributed by atoms with Crippen molar-refractivity contribution < 1.29 is 0 Å². The summed E-state index contributed by atoms with van der Waals surface area (Å²) in [6.45, 7) is 12.0. The minimum Gasteiger partial charge on any atom is -0.512 e.